The number of hydrogen-bond donors (Lipinski definition) is 1. The van der Waals surface area contributed by atoms with Gasteiger partial charge in [-0.05, 0) is 11.5 Å². The van der Waals surface area contributed by atoms with Crippen LogP contribution in [-0.2, 0) is 0 Å². The van der Waals surface area contributed by atoms with Crippen molar-refractivity contribution < 1.29 is 9.90 Å². The molecule has 0 atom stereocenters. The van der Waals surface area contributed by atoms with Crippen LogP contribution in [0, 0.1) is 6.20 Å². The van der Waals surface area contributed by atoms with E-state index in [-0.39, 0.29) is 4.88 Å². The zero-order valence-electron chi connectivity index (χ0n) is 3.66. The number of carboxylic acids is 1. The highest BCUT2D eigenvalue weighted by atomic mass is 32.1. The van der Waals surface area contributed by atoms with Gasteiger partial charge in [-0.2, -0.15) is 0 Å². The van der Waals surface area contributed by atoms with Crippen molar-refractivity contribution in [2.24, 2.45) is 0 Å². The summed E-state index contributed by atoms with van der Waals surface area (Å²) >= 11 is 0.815. The second-order valence-corrected chi connectivity index (χ2v) is 1.77. The van der Waals surface area contributed by atoms with Gasteiger partial charge < -0.3 is 5.11 Å². The van der Waals surface area contributed by atoms with E-state index in [0.717, 1.165) is 11.5 Å². The third kappa shape index (κ3) is 0.812. The Labute approximate surface area is 48.9 Å². The van der Waals surface area contributed by atoms with Crippen LogP contribution in [0.3, 0.4) is 0 Å². The van der Waals surface area contributed by atoms with Crippen molar-refractivity contribution in [2.75, 3.05) is 0 Å². The molecule has 5 heteroatoms. The van der Waals surface area contributed by atoms with Crippen LogP contribution in [0.5, 0.6) is 0 Å². The van der Waals surface area contributed by atoms with Crippen LogP contribution >= 0.6 is 11.5 Å². The van der Waals surface area contributed by atoms with Gasteiger partial charge in [-0.3, -0.25) is 0 Å². The minimum Gasteiger partial charge on any atom is -0.477 e. The van der Waals surface area contributed by atoms with Crippen molar-refractivity contribution >= 4 is 17.5 Å². The first kappa shape index (κ1) is 5.17. The molecule has 0 fully saturated rings. The number of carboxylic acid groups (broad SMARTS) is 1. The molecule has 1 rings (SSSR count). The Balaban J connectivity index is 2.93. The molecule has 0 saturated heterocycles. The van der Waals surface area contributed by atoms with Gasteiger partial charge in [0.25, 0.3) is 0 Å². The first-order chi connectivity index (χ1) is 3.80. The molecule has 0 aliphatic heterocycles. The molecule has 1 heterocycles. The van der Waals surface area contributed by atoms with Crippen LogP contribution in [0.4, 0.5) is 0 Å². The fraction of sp³-hybridized carbons (Fsp3) is 0. The number of carbonyl (C=O) groups is 1. The lowest BCUT2D eigenvalue weighted by molar-refractivity contribution is 0.0701. The average Bonchev–Trinajstić information content (AvgIpc) is 2.12. The summed E-state index contributed by atoms with van der Waals surface area (Å²) in [7, 11) is 0. The molecule has 4 nitrogen and oxygen atoms in total. The largest absolute Gasteiger partial charge is 0.477 e. The van der Waals surface area contributed by atoms with E-state index in [1.807, 2.05) is 0 Å². The second kappa shape index (κ2) is 1.87. The Kier molecular flexibility index (Phi) is 1.21. The maximum absolute atomic E-state index is 9.96. The lowest BCUT2D eigenvalue weighted by Gasteiger charge is -1.74. The predicted molar refractivity (Wildman–Crippen MR) is 25.7 cm³/mol. The third-order valence-corrected chi connectivity index (χ3v) is 1.13. The highest BCUT2D eigenvalue weighted by Gasteiger charge is 2.03. The Morgan fingerprint density at radius 3 is 2.88 bits per heavy atom. The molecule has 0 bridgehead atoms. The van der Waals surface area contributed by atoms with Gasteiger partial charge in [-0.1, -0.05) is 4.49 Å². The second-order valence-electron chi connectivity index (χ2n) is 1.02. The first-order valence-corrected chi connectivity index (χ1v) is 2.51. The van der Waals surface area contributed by atoms with Crippen LogP contribution in [0.15, 0.2) is 0 Å². The highest BCUT2D eigenvalue weighted by molar-refractivity contribution is 7.07. The minimum absolute atomic E-state index is 0.0463. The van der Waals surface area contributed by atoms with Crippen molar-refractivity contribution in [3.05, 3.63) is 11.1 Å². The SMILES string of the molecule is O=C(O)c1[c]nns1. The van der Waals surface area contributed by atoms with Gasteiger partial charge in [0.1, 0.15) is 6.20 Å². The van der Waals surface area contributed by atoms with E-state index in [1.165, 1.54) is 0 Å². The van der Waals surface area contributed by atoms with E-state index in [9.17, 15) is 4.79 Å². The predicted octanol–water partition coefficient (Wildman–Crippen LogP) is 0.0365. The van der Waals surface area contributed by atoms with Crippen molar-refractivity contribution in [1.29, 1.82) is 0 Å². The van der Waals surface area contributed by atoms with Gasteiger partial charge in [0, 0.05) is 0 Å². The number of aromatic carboxylic acids is 1. The molecule has 1 radical (unpaired) electrons. The summed E-state index contributed by atoms with van der Waals surface area (Å²) in [6, 6.07) is 0. The molecule has 1 N–H and O–H groups in total. The molecule has 8 heavy (non-hydrogen) atoms. The maximum Gasteiger partial charge on any atom is 0.349 e. The Bertz CT molecular complexity index is 183. The molecule has 0 saturated carbocycles. The van der Waals surface area contributed by atoms with E-state index < -0.39 is 5.97 Å². The van der Waals surface area contributed by atoms with Gasteiger partial charge in [-0.25, -0.2) is 4.79 Å². The highest BCUT2D eigenvalue weighted by Crippen LogP contribution is 1.98. The van der Waals surface area contributed by atoms with Gasteiger partial charge in [0.05, 0.1) is 0 Å². The van der Waals surface area contributed by atoms with Gasteiger partial charge in [0.15, 0.2) is 4.88 Å². The average molecular weight is 129 g/mol. The van der Waals surface area contributed by atoms with Crippen LogP contribution in [0.25, 0.3) is 0 Å². The van der Waals surface area contributed by atoms with Crippen LogP contribution in [0.1, 0.15) is 9.67 Å². The Morgan fingerprint density at radius 2 is 2.62 bits per heavy atom. The van der Waals surface area contributed by atoms with Gasteiger partial charge in [-0.15, -0.1) is 5.10 Å². The minimum atomic E-state index is -1.03. The smallest absolute Gasteiger partial charge is 0.349 e. The Morgan fingerprint density at radius 1 is 1.88 bits per heavy atom. The normalized spacial score (nSPS) is 9.00. The molecule has 0 aliphatic rings. The third-order valence-electron chi connectivity index (χ3n) is 0.519. The fourth-order valence-electron chi connectivity index (χ4n) is 0.234. The quantitative estimate of drug-likeness (QED) is 0.581. The summed E-state index contributed by atoms with van der Waals surface area (Å²) in [6.07, 6.45) is 2.19. The molecule has 1 aromatic rings. The van der Waals surface area contributed by atoms with Crippen molar-refractivity contribution in [1.82, 2.24) is 9.59 Å². The standard InChI is InChI=1S/C3HN2O2S/c6-3(7)2-1-4-5-8-2/h(H,6,7). The zero-order valence-corrected chi connectivity index (χ0v) is 4.47. The topological polar surface area (TPSA) is 63.1 Å². The number of nitrogens with zero attached hydrogens (tertiary/aromatic N) is 2. The summed E-state index contributed by atoms with van der Waals surface area (Å²) in [5.41, 5.74) is 0. The van der Waals surface area contributed by atoms with Gasteiger partial charge in [0.2, 0.25) is 0 Å². The lowest BCUT2D eigenvalue weighted by atomic mass is 10.6. The van der Waals surface area contributed by atoms with Crippen molar-refractivity contribution in [3.63, 3.8) is 0 Å². The molecule has 1 aromatic heterocycles. The van der Waals surface area contributed by atoms with Crippen LogP contribution in [-0.4, -0.2) is 20.7 Å². The molecule has 0 aromatic carbocycles. The Hall–Kier alpha value is -0.970. The van der Waals surface area contributed by atoms with E-state index in [1.54, 1.807) is 0 Å². The summed E-state index contributed by atoms with van der Waals surface area (Å²) in [5.74, 6) is -1.03. The first-order valence-electron chi connectivity index (χ1n) is 1.74. The molecule has 0 aliphatic carbocycles. The molecular weight excluding hydrogens is 128 g/mol. The maximum atomic E-state index is 9.96. The molecular formula is C3HN2O2S. The van der Waals surface area contributed by atoms with Crippen LogP contribution < -0.4 is 0 Å². The van der Waals surface area contributed by atoms with E-state index in [4.69, 9.17) is 5.11 Å². The van der Waals surface area contributed by atoms with E-state index >= 15 is 0 Å². The molecule has 0 spiro atoms. The summed E-state index contributed by atoms with van der Waals surface area (Å²) in [6.45, 7) is 0. The van der Waals surface area contributed by atoms with E-state index in [2.05, 4.69) is 15.8 Å². The number of hydrogen-bond acceptors (Lipinski definition) is 4. The number of rotatable bonds is 1. The fourth-order valence-corrected chi connectivity index (χ4v) is 0.557. The lowest BCUT2D eigenvalue weighted by Crippen LogP contribution is -1.90. The molecule has 41 valence electrons. The van der Waals surface area contributed by atoms with Crippen molar-refractivity contribution in [2.45, 2.75) is 0 Å². The van der Waals surface area contributed by atoms with E-state index in [0.29, 0.717) is 0 Å². The zero-order chi connectivity index (χ0) is 5.98. The number of aromatic nitrogens is 2. The van der Waals surface area contributed by atoms with Crippen molar-refractivity contribution in [3.8, 4) is 0 Å². The van der Waals surface area contributed by atoms with Crippen LogP contribution in [0.2, 0.25) is 0 Å². The summed E-state index contributed by atoms with van der Waals surface area (Å²) in [4.78, 5) is 10.0. The summed E-state index contributed by atoms with van der Waals surface area (Å²) in [5, 5.41) is 11.4. The monoisotopic (exact) mass is 129 g/mol. The molecule has 0 amide bonds. The van der Waals surface area contributed by atoms with Gasteiger partial charge >= 0.3 is 5.97 Å². The summed E-state index contributed by atoms with van der Waals surface area (Å²) < 4.78 is 3.30. The molecule has 0 unspecified atom stereocenters.